The van der Waals surface area contributed by atoms with Gasteiger partial charge in [0.2, 0.25) is 0 Å². The summed E-state index contributed by atoms with van der Waals surface area (Å²) in [7, 11) is 6.54. The van der Waals surface area contributed by atoms with Crippen LogP contribution in [0, 0.1) is 0 Å². The molecular formula is C49H34N4NiO5. The van der Waals surface area contributed by atoms with Crippen LogP contribution in [0.4, 0.5) is 0 Å². The number of carbonyl (C=O) groups excluding carboxylic acids is 1. The van der Waals surface area contributed by atoms with E-state index in [1.165, 1.54) is 0 Å². The van der Waals surface area contributed by atoms with Gasteiger partial charge in [-0.3, -0.25) is 4.79 Å². The van der Waals surface area contributed by atoms with Crippen LogP contribution in [0.25, 0.3) is 90.4 Å². The van der Waals surface area contributed by atoms with E-state index in [-0.39, 0.29) is 22.3 Å². The van der Waals surface area contributed by atoms with Crippen molar-refractivity contribution < 1.29 is 40.2 Å². The molecule has 0 atom stereocenters. The van der Waals surface area contributed by atoms with Gasteiger partial charge in [0.25, 0.3) is 0 Å². The van der Waals surface area contributed by atoms with Crippen LogP contribution in [-0.4, -0.2) is 44.2 Å². The maximum atomic E-state index is 14.5. The molecule has 0 saturated heterocycles. The van der Waals surface area contributed by atoms with Crippen LogP contribution in [-0.2, 0) is 16.5 Å². The predicted molar refractivity (Wildman–Crippen MR) is 228 cm³/mol. The Balaban J connectivity index is 0.00000449. The van der Waals surface area contributed by atoms with E-state index in [4.69, 9.17) is 38.9 Å². The number of benzene rings is 4. The summed E-state index contributed by atoms with van der Waals surface area (Å²) in [6.45, 7) is 0. The Hall–Kier alpha value is -7.16. The SMILES string of the molecule is COc1ccc(-c2c3nc(c(-c4ccc(OC)cc4)c4ccc([n-]4)c4c5nc(c(-c6ccc(OC)cc6)c6ccc2[n-]6)C=C5C(=O)c2cc(OC)ccc2-4)C=C3)cc1.[Ni+2]. The van der Waals surface area contributed by atoms with Crippen LogP contribution >= 0.6 is 0 Å². The molecule has 3 aromatic heterocycles. The fourth-order valence-corrected chi connectivity index (χ4v) is 7.97. The Labute approximate surface area is 350 Å². The Morgan fingerprint density at radius 2 is 0.847 bits per heavy atom. The van der Waals surface area contributed by atoms with Gasteiger partial charge in [-0.15, -0.1) is 22.1 Å². The second kappa shape index (κ2) is 15.0. The summed E-state index contributed by atoms with van der Waals surface area (Å²) in [4.78, 5) is 35.8. The van der Waals surface area contributed by atoms with Crippen molar-refractivity contribution in [3.05, 3.63) is 144 Å². The topological polar surface area (TPSA) is 108 Å². The van der Waals surface area contributed by atoms with Gasteiger partial charge < -0.3 is 28.9 Å². The second-order valence-electron chi connectivity index (χ2n) is 14.0. The van der Waals surface area contributed by atoms with Crippen LogP contribution < -0.4 is 28.9 Å². The van der Waals surface area contributed by atoms with Crippen molar-refractivity contribution in [2.45, 2.75) is 0 Å². The number of nitrogens with zero attached hydrogens (tertiary/aromatic N) is 4. The van der Waals surface area contributed by atoms with Gasteiger partial charge in [-0.1, -0.05) is 60.7 Å². The number of hydrogen-bond donors (Lipinski definition) is 0. The van der Waals surface area contributed by atoms with Crippen LogP contribution in [0.5, 0.6) is 23.0 Å². The molecule has 9 nitrogen and oxygen atoms in total. The first-order chi connectivity index (χ1) is 28.4. The van der Waals surface area contributed by atoms with E-state index < -0.39 is 0 Å². The molecule has 0 amide bonds. The Morgan fingerprint density at radius 1 is 0.441 bits per heavy atom. The van der Waals surface area contributed by atoms with Crippen molar-refractivity contribution in [2.24, 2.45) is 0 Å². The third-order valence-electron chi connectivity index (χ3n) is 10.8. The number of Topliss-reactive ketones (excluding diaryl/α,β-unsaturated/α-hetero) is 1. The summed E-state index contributed by atoms with van der Waals surface area (Å²) >= 11 is 0. The quantitative estimate of drug-likeness (QED) is 0.145. The molecular weight excluding hydrogens is 783 g/mol. The first-order valence-electron chi connectivity index (χ1n) is 18.7. The summed E-state index contributed by atoms with van der Waals surface area (Å²) in [5.74, 6) is 2.64. The van der Waals surface area contributed by atoms with Crippen LogP contribution in [0.2, 0.25) is 0 Å². The molecule has 7 aromatic rings. The molecule has 8 bridgehead atoms. The van der Waals surface area contributed by atoms with Crippen molar-refractivity contribution >= 4 is 51.7 Å². The maximum absolute atomic E-state index is 14.5. The molecule has 3 aliphatic rings. The van der Waals surface area contributed by atoms with Gasteiger partial charge in [0.15, 0.2) is 5.78 Å². The fraction of sp³-hybridized carbons (Fsp3) is 0.0816. The molecule has 0 unspecified atom stereocenters. The number of fused-ring (bicyclic) bond motifs is 10. The third-order valence-corrected chi connectivity index (χ3v) is 10.8. The van der Waals surface area contributed by atoms with E-state index >= 15 is 0 Å². The number of rotatable bonds is 7. The molecule has 5 heterocycles. The van der Waals surface area contributed by atoms with Crippen molar-refractivity contribution in [2.75, 3.05) is 28.4 Å². The second-order valence-corrected chi connectivity index (χ2v) is 14.0. The molecule has 0 spiro atoms. The molecule has 10 rings (SSSR count). The van der Waals surface area contributed by atoms with E-state index in [1.807, 2.05) is 127 Å². The largest absolute Gasteiger partial charge is 2.00 e. The summed E-state index contributed by atoms with van der Waals surface area (Å²) in [6.07, 6.45) is 5.94. The van der Waals surface area contributed by atoms with Crippen LogP contribution in [0.15, 0.2) is 115 Å². The van der Waals surface area contributed by atoms with Crippen LogP contribution in [0.1, 0.15) is 33.1 Å². The predicted octanol–water partition coefficient (Wildman–Crippen LogP) is 10.2. The van der Waals surface area contributed by atoms with E-state index in [2.05, 4.69) is 0 Å². The summed E-state index contributed by atoms with van der Waals surface area (Å²) in [5.41, 5.74) is 13.1. The van der Waals surface area contributed by atoms with E-state index in [0.29, 0.717) is 39.3 Å². The molecule has 0 saturated carbocycles. The summed E-state index contributed by atoms with van der Waals surface area (Å²) < 4.78 is 22.2. The van der Waals surface area contributed by atoms with Crippen molar-refractivity contribution in [3.8, 4) is 67.5 Å². The van der Waals surface area contributed by atoms with Gasteiger partial charge in [0.05, 0.1) is 56.8 Å². The maximum Gasteiger partial charge on any atom is 2.00 e. The van der Waals surface area contributed by atoms with Gasteiger partial charge in [0, 0.05) is 5.56 Å². The Morgan fingerprint density at radius 3 is 1.29 bits per heavy atom. The van der Waals surface area contributed by atoms with E-state index in [9.17, 15) is 4.79 Å². The fourth-order valence-electron chi connectivity index (χ4n) is 7.97. The molecule has 4 aromatic carbocycles. The van der Waals surface area contributed by atoms with Gasteiger partial charge in [-0.2, -0.15) is 0 Å². The minimum absolute atomic E-state index is 0. The summed E-state index contributed by atoms with van der Waals surface area (Å²) in [6, 6.07) is 37.2. The zero-order valence-corrected chi connectivity index (χ0v) is 33.3. The molecule has 0 radical (unpaired) electrons. The number of hydrogen-bond acceptors (Lipinski definition) is 7. The zero-order valence-electron chi connectivity index (χ0n) is 32.3. The van der Waals surface area contributed by atoms with Crippen molar-refractivity contribution in [3.63, 3.8) is 0 Å². The number of methoxy groups -OCH3 is 4. The van der Waals surface area contributed by atoms with Gasteiger partial charge >= 0.3 is 16.5 Å². The molecule has 10 heteroatoms. The average molecular weight is 818 g/mol. The van der Waals surface area contributed by atoms with E-state index in [0.717, 1.165) is 84.2 Å². The Bertz CT molecular complexity index is 3050. The number of ether oxygens (including phenoxy) is 4. The summed E-state index contributed by atoms with van der Waals surface area (Å²) in [5, 5.41) is 0. The smallest absolute Gasteiger partial charge is 0.657 e. The Kier molecular flexibility index (Phi) is 9.50. The van der Waals surface area contributed by atoms with Crippen molar-refractivity contribution in [1.29, 1.82) is 0 Å². The first kappa shape index (κ1) is 37.4. The number of aromatic nitrogens is 4. The van der Waals surface area contributed by atoms with Crippen molar-refractivity contribution in [1.82, 2.24) is 19.9 Å². The first-order valence-corrected chi connectivity index (χ1v) is 18.7. The molecule has 0 N–H and O–H groups in total. The molecule has 0 fully saturated rings. The normalized spacial score (nSPS) is 12.3. The minimum Gasteiger partial charge on any atom is -0.657 e. The standard InChI is InChI=1S/C49H35N4O5.Ni/c1-55-30-11-5-27(6-12-30)44-37-19-20-38(50-37)45(28-7-13-31(56-2)14-8-28)40-23-24-42(52-40)47-34-18-17-33(58-4)25-35(34)49(54)36-26-43(53-48(36)47)46(41-22-21-39(44)51-41)29-9-15-32(57-3)16-10-29;/h5-26H,1-4H3,(H-,50,51,52,53,54);/q-1;+2/p-1. The number of allylic oxidation sites excluding steroid dienone is 1. The third kappa shape index (κ3) is 6.29. The minimum atomic E-state index is -0.143. The number of ketones is 1. The molecule has 59 heavy (non-hydrogen) atoms. The zero-order chi connectivity index (χ0) is 39.5. The molecule has 2 aliphatic heterocycles. The monoisotopic (exact) mass is 816 g/mol. The number of carbonyl (C=O) groups is 1. The average Bonchev–Trinajstić information content (AvgIpc) is 4.11. The molecule has 290 valence electrons. The van der Waals surface area contributed by atoms with Gasteiger partial charge in [-0.25, -0.2) is 9.97 Å². The van der Waals surface area contributed by atoms with Gasteiger partial charge in [-0.05, 0) is 117 Å². The molecule has 1 aliphatic carbocycles. The van der Waals surface area contributed by atoms with Crippen LogP contribution in [0.3, 0.4) is 0 Å². The van der Waals surface area contributed by atoms with E-state index in [1.54, 1.807) is 34.5 Å². The van der Waals surface area contributed by atoms with Gasteiger partial charge in [0.1, 0.15) is 23.0 Å².